The minimum Gasteiger partial charge on any atom is -0.303 e. The predicted molar refractivity (Wildman–Crippen MR) is 117 cm³/mol. The van der Waals surface area contributed by atoms with Gasteiger partial charge in [0.25, 0.3) is 0 Å². The van der Waals surface area contributed by atoms with Crippen molar-refractivity contribution >= 4 is 24.3 Å². The number of halogens is 4. The molecule has 1 aliphatic heterocycles. The Morgan fingerprint density at radius 2 is 1.63 bits per heavy atom. The van der Waals surface area contributed by atoms with Crippen LogP contribution in [0.3, 0.4) is 0 Å². The van der Waals surface area contributed by atoms with Gasteiger partial charge in [0.1, 0.15) is 0 Å². The SMILES string of the molecule is Cl.O=C(/C=C/c1ccc(C(F)(F)F)cc1)CCN1CCC(Cc2ccccc2)CC1. The smallest absolute Gasteiger partial charge is 0.303 e. The summed E-state index contributed by atoms with van der Waals surface area (Å²) < 4.78 is 37.7. The maximum atomic E-state index is 12.6. The molecular formula is C24H27ClF3NO. The lowest BCUT2D eigenvalue weighted by Crippen LogP contribution is -2.35. The number of carbonyl (C=O) groups excluding carboxylic acids is 1. The zero-order valence-corrected chi connectivity index (χ0v) is 17.6. The molecule has 2 aromatic carbocycles. The third kappa shape index (κ3) is 7.62. The Morgan fingerprint density at radius 3 is 2.23 bits per heavy atom. The second-order valence-electron chi connectivity index (χ2n) is 7.64. The second kappa shape index (κ2) is 11.3. The summed E-state index contributed by atoms with van der Waals surface area (Å²) in [6.45, 7) is 2.75. The van der Waals surface area contributed by atoms with Gasteiger partial charge in [-0.05, 0) is 67.6 Å². The molecular weight excluding hydrogens is 411 g/mol. The van der Waals surface area contributed by atoms with Crippen LogP contribution < -0.4 is 0 Å². The predicted octanol–water partition coefficient (Wildman–Crippen LogP) is 6.05. The lowest BCUT2D eigenvalue weighted by molar-refractivity contribution is -0.137. The first-order valence-electron chi connectivity index (χ1n) is 10.0. The van der Waals surface area contributed by atoms with Crippen LogP contribution in [0, 0.1) is 5.92 Å². The molecule has 1 fully saturated rings. The first-order chi connectivity index (χ1) is 13.9. The summed E-state index contributed by atoms with van der Waals surface area (Å²) in [7, 11) is 0. The van der Waals surface area contributed by atoms with Crippen molar-refractivity contribution in [3.63, 3.8) is 0 Å². The highest BCUT2D eigenvalue weighted by molar-refractivity contribution is 5.93. The van der Waals surface area contributed by atoms with E-state index in [1.165, 1.54) is 23.8 Å². The molecule has 2 aromatic rings. The van der Waals surface area contributed by atoms with E-state index >= 15 is 0 Å². The molecule has 6 heteroatoms. The summed E-state index contributed by atoms with van der Waals surface area (Å²) in [6.07, 6.45) is 2.53. The number of hydrogen-bond donors (Lipinski definition) is 0. The number of allylic oxidation sites excluding steroid dienone is 1. The van der Waals surface area contributed by atoms with Crippen LogP contribution in [-0.2, 0) is 17.4 Å². The molecule has 1 heterocycles. The van der Waals surface area contributed by atoms with Crippen LogP contribution in [0.1, 0.15) is 36.0 Å². The Morgan fingerprint density at radius 1 is 1.00 bits per heavy atom. The number of nitrogens with zero attached hydrogens (tertiary/aromatic N) is 1. The standard InChI is InChI=1S/C24H26F3NO.ClH/c25-24(26,27)22-9-6-19(7-10-22)8-11-23(29)14-17-28-15-12-21(13-16-28)18-20-4-2-1-3-5-20;/h1-11,21H,12-18H2;1H/b11-8+;. The van der Waals surface area contributed by atoms with Gasteiger partial charge in [-0.1, -0.05) is 48.5 Å². The highest BCUT2D eigenvalue weighted by Crippen LogP contribution is 2.29. The van der Waals surface area contributed by atoms with Gasteiger partial charge in [-0.25, -0.2) is 0 Å². The third-order valence-corrected chi connectivity index (χ3v) is 5.45. The van der Waals surface area contributed by atoms with Crippen molar-refractivity contribution in [2.45, 2.75) is 31.9 Å². The quantitative estimate of drug-likeness (QED) is 0.491. The zero-order chi connectivity index (χ0) is 20.7. The normalized spacial score (nSPS) is 15.8. The maximum absolute atomic E-state index is 12.6. The van der Waals surface area contributed by atoms with E-state index in [1.807, 2.05) is 6.07 Å². The van der Waals surface area contributed by atoms with Crippen LogP contribution >= 0.6 is 12.4 Å². The first kappa shape index (κ1) is 24.2. The summed E-state index contributed by atoms with van der Waals surface area (Å²) in [5.41, 5.74) is 1.29. The van der Waals surface area contributed by atoms with Crippen molar-refractivity contribution in [1.29, 1.82) is 0 Å². The maximum Gasteiger partial charge on any atom is 0.416 e. The van der Waals surface area contributed by atoms with Crippen molar-refractivity contribution in [3.8, 4) is 0 Å². The van der Waals surface area contributed by atoms with Gasteiger partial charge in [-0.3, -0.25) is 4.79 Å². The summed E-state index contributed by atoms with van der Waals surface area (Å²) in [6, 6.07) is 15.4. The van der Waals surface area contributed by atoms with Crippen LogP contribution in [0.2, 0.25) is 0 Å². The molecule has 0 amide bonds. The Labute approximate surface area is 182 Å². The van der Waals surface area contributed by atoms with Crippen molar-refractivity contribution in [1.82, 2.24) is 4.90 Å². The molecule has 0 unspecified atom stereocenters. The van der Waals surface area contributed by atoms with Crippen LogP contribution in [0.5, 0.6) is 0 Å². The summed E-state index contributed by atoms with van der Waals surface area (Å²) in [4.78, 5) is 14.4. The molecule has 0 spiro atoms. The summed E-state index contributed by atoms with van der Waals surface area (Å²) in [5.74, 6) is 0.695. The number of benzene rings is 2. The van der Waals surface area contributed by atoms with E-state index in [9.17, 15) is 18.0 Å². The third-order valence-electron chi connectivity index (χ3n) is 5.45. The van der Waals surface area contributed by atoms with Crippen molar-refractivity contribution in [2.24, 2.45) is 5.92 Å². The molecule has 0 atom stereocenters. The fourth-order valence-corrected chi connectivity index (χ4v) is 3.69. The van der Waals surface area contributed by atoms with Gasteiger partial charge in [0.2, 0.25) is 0 Å². The molecule has 0 saturated carbocycles. The molecule has 0 bridgehead atoms. The number of ketones is 1. The fraction of sp³-hybridized carbons (Fsp3) is 0.375. The molecule has 2 nitrogen and oxygen atoms in total. The molecule has 1 aliphatic rings. The van der Waals surface area contributed by atoms with Crippen molar-refractivity contribution < 1.29 is 18.0 Å². The second-order valence-corrected chi connectivity index (χ2v) is 7.64. The molecule has 0 aliphatic carbocycles. The van der Waals surface area contributed by atoms with Gasteiger partial charge in [0.15, 0.2) is 5.78 Å². The summed E-state index contributed by atoms with van der Waals surface area (Å²) in [5, 5.41) is 0. The summed E-state index contributed by atoms with van der Waals surface area (Å²) >= 11 is 0. The lowest BCUT2D eigenvalue weighted by Gasteiger charge is -2.31. The van der Waals surface area contributed by atoms with Crippen molar-refractivity contribution in [3.05, 3.63) is 77.4 Å². The van der Waals surface area contributed by atoms with Gasteiger partial charge >= 0.3 is 6.18 Å². The molecule has 0 aromatic heterocycles. The van der Waals surface area contributed by atoms with Gasteiger partial charge in [0.05, 0.1) is 5.56 Å². The minimum absolute atomic E-state index is 0. The highest BCUT2D eigenvalue weighted by Gasteiger charge is 2.29. The molecule has 1 saturated heterocycles. The average molecular weight is 438 g/mol. The molecule has 0 radical (unpaired) electrons. The number of carbonyl (C=O) groups is 1. The zero-order valence-electron chi connectivity index (χ0n) is 16.8. The Hall–Kier alpha value is -2.11. The minimum atomic E-state index is -4.34. The van der Waals surface area contributed by atoms with Crippen molar-refractivity contribution in [2.75, 3.05) is 19.6 Å². The van der Waals surface area contributed by atoms with Crippen LogP contribution in [0.25, 0.3) is 6.08 Å². The average Bonchev–Trinajstić information content (AvgIpc) is 2.72. The van der Waals surface area contributed by atoms with E-state index in [0.717, 1.165) is 51.0 Å². The number of alkyl halides is 3. The number of rotatable bonds is 7. The van der Waals surface area contributed by atoms with Crippen LogP contribution in [0.4, 0.5) is 13.2 Å². The first-order valence-corrected chi connectivity index (χ1v) is 10.0. The fourth-order valence-electron chi connectivity index (χ4n) is 3.69. The topological polar surface area (TPSA) is 20.3 Å². The highest BCUT2D eigenvalue weighted by atomic mass is 35.5. The van der Waals surface area contributed by atoms with E-state index < -0.39 is 11.7 Å². The van der Waals surface area contributed by atoms with E-state index in [2.05, 4.69) is 29.2 Å². The van der Waals surface area contributed by atoms with Gasteiger partial charge in [-0.15, -0.1) is 12.4 Å². The van der Waals surface area contributed by atoms with Gasteiger partial charge < -0.3 is 4.90 Å². The number of likely N-dealkylation sites (tertiary alicyclic amines) is 1. The number of piperidine rings is 1. The lowest BCUT2D eigenvalue weighted by atomic mass is 9.90. The van der Waals surface area contributed by atoms with E-state index in [0.29, 0.717) is 17.9 Å². The van der Waals surface area contributed by atoms with Gasteiger partial charge in [0, 0.05) is 13.0 Å². The Bertz CT molecular complexity index is 811. The van der Waals surface area contributed by atoms with E-state index in [4.69, 9.17) is 0 Å². The van der Waals surface area contributed by atoms with E-state index in [1.54, 1.807) is 6.08 Å². The Kier molecular flexibility index (Phi) is 9.12. The van der Waals surface area contributed by atoms with Crippen LogP contribution in [0.15, 0.2) is 60.7 Å². The Balaban J connectivity index is 0.00000320. The monoisotopic (exact) mass is 437 g/mol. The van der Waals surface area contributed by atoms with E-state index in [-0.39, 0.29) is 18.2 Å². The number of hydrogen-bond acceptors (Lipinski definition) is 2. The largest absolute Gasteiger partial charge is 0.416 e. The van der Waals surface area contributed by atoms with Gasteiger partial charge in [-0.2, -0.15) is 13.2 Å². The molecule has 3 rings (SSSR count). The molecule has 0 N–H and O–H groups in total. The molecule has 30 heavy (non-hydrogen) atoms. The van der Waals surface area contributed by atoms with Crippen LogP contribution in [-0.4, -0.2) is 30.3 Å². The molecule has 162 valence electrons.